The molecule has 0 aromatic heterocycles. The maximum atomic E-state index is 13.5. The molecule has 0 N–H and O–H groups in total. The molecule has 0 aromatic carbocycles. The van der Waals surface area contributed by atoms with Crippen molar-refractivity contribution in [1.82, 2.24) is 0 Å². The first kappa shape index (κ1) is 12.4. The van der Waals surface area contributed by atoms with Crippen molar-refractivity contribution in [3.8, 4) is 0 Å². The Morgan fingerprint density at radius 3 is 2.08 bits per heavy atom. The number of hydrogen-bond acceptors (Lipinski definition) is 0. The summed E-state index contributed by atoms with van der Waals surface area (Å²) in [7, 11) is 0. The quantitative estimate of drug-likeness (QED) is 0.513. The number of halogens is 1. The third-order valence-corrected chi connectivity index (χ3v) is 2.14. The van der Waals surface area contributed by atoms with E-state index in [0.29, 0.717) is 11.1 Å². The van der Waals surface area contributed by atoms with Crippen LogP contribution in [0.4, 0.5) is 4.39 Å². The van der Waals surface area contributed by atoms with Gasteiger partial charge in [-0.25, -0.2) is 4.39 Å². The van der Waals surface area contributed by atoms with Crippen LogP contribution in [0.3, 0.4) is 0 Å². The van der Waals surface area contributed by atoms with Crippen molar-refractivity contribution in [3.05, 3.63) is 24.3 Å². The smallest absolute Gasteiger partial charge is 0.142 e. The molecule has 0 fully saturated rings. The van der Waals surface area contributed by atoms with Gasteiger partial charge in [-0.05, 0) is 30.4 Å². The van der Waals surface area contributed by atoms with Gasteiger partial charge in [0, 0.05) is 0 Å². The monoisotopic (exact) mass is 184 g/mol. The Bertz CT molecular complexity index is 170. The van der Waals surface area contributed by atoms with Crippen molar-refractivity contribution in [2.45, 2.75) is 52.1 Å². The molecule has 0 bridgehead atoms. The van der Waals surface area contributed by atoms with Crippen LogP contribution in [0.1, 0.15) is 46.0 Å². The summed E-state index contributed by atoms with van der Waals surface area (Å²) in [5.41, 5.74) is 1.38. The Balaban J connectivity index is 3.87. The predicted molar refractivity (Wildman–Crippen MR) is 57.6 cm³/mol. The number of hydrogen-bond donors (Lipinski definition) is 0. The van der Waals surface area contributed by atoms with Crippen molar-refractivity contribution >= 4 is 0 Å². The van der Waals surface area contributed by atoms with E-state index in [-0.39, 0.29) is 0 Å². The molecule has 0 heterocycles. The Labute approximate surface area is 81.5 Å². The van der Waals surface area contributed by atoms with Crippen LogP contribution < -0.4 is 0 Å². The summed E-state index contributed by atoms with van der Waals surface area (Å²) in [5, 5.41) is 0. The zero-order chi connectivity index (χ0) is 10.3. The fourth-order valence-electron chi connectivity index (χ4n) is 1.27. The molecule has 0 nitrogen and oxygen atoms in total. The highest BCUT2D eigenvalue weighted by Crippen LogP contribution is 2.21. The maximum absolute atomic E-state index is 13.5. The molecule has 0 aliphatic heterocycles. The fraction of sp³-hybridized carbons (Fsp3) is 0.667. The first-order valence-corrected chi connectivity index (χ1v) is 5.12. The highest BCUT2D eigenvalue weighted by molar-refractivity contribution is 5.18. The van der Waals surface area contributed by atoms with Crippen LogP contribution in [0.5, 0.6) is 0 Å². The van der Waals surface area contributed by atoms with Crippen LogP contribution in [-0.2, 0) is 0 Å². The average molecular weight is 184 g/mol. The van der Waals surface area contributed by atoms with Gasteiger partial charge in [0.2, 0.25) is 0 Å². The molecular weight excluding hydrogens is 163 g/mol. The third kappa shape index (κ3) is 4.87. The molecule has 1 heteroatoms. The Kier molecular flexibility index (Phi) is 6.56. The molecule has 0 saturated heterocycles. The highest BCUT2D eigenvalue weighted by Gasteiger charge is 2.13. The molecule has 0 radical (unpaired) electrons. The summed E-state index contributed by atoms with van der Waals surface area (Å²) in [6.07, 6.45) is 3.66. The predicted octanol–water partition coefficient (Wildman–Crippen LogP) is 4.43. The van der Waals surface area contributed by atoms with Crippen molar-refractivity contribution in [1.29, 1.82) is 0 Å². The van der Waals surface area contributed by atoms with Gasteiger partial charge in [0.05, 0.1) is 0 Å². The summed E-state index contributed by atoms with van der Waals surface area (Å²) in [6.45, 7) is 11.6. The fourth-order valence-corrected chi connectivity index (χ4v) is 1.27. The number of alkyl halides is 1. The van der Waals surface area contributed by atoms with Gasteiger partial charge in [-0.2, -0.15) is 0 Å². The largest absolute Gasteiger partial charge is 0.238 e. The standard InChI is InChI=1S/C12H21F/c1-5-7-9-11(4)12(13)10(3)8-6-2/h12H,3-9H2,1-2H3. The van der Waals surface area contributed by atoms with Gasteiger partial charge in [-0.3, -0.25) is 0 Å². The van der Waals surface area contributed by atoms with Gasteiger partial charge < -0.3 is 0 Å². The number of rotatable bonds is 7. The molecule has 13 heavy (non-hydrogen) atoms. The molecule has 0 saturated carbocycles. The van der Waals surface area contributed by atoms with E-state index in [2.05, 4.69) is 20.1 Å². The molecular formula is C12H21F. The van der Waals surface area contributed by atoms with Crippen LogP contribution in [0, 0.1) is 0 Å². The SMILES string of the molecule is C=C(CCC)C(F)C(=C)CCCC. The topological polar surface area (TPSA) is 0 Å². The van der Waals surface area contributed by atoms with Crippen LogP contribution in [0.2, 0.25) is 0 Å². The van der Waals surface area contributed by atoms with E-state index < -0.39 is 6.17 Å². The molecule has 1 atom stereocenters. The summed E-state index contributed by atoms with van der Waals surface area (Å²) in [5.74, 6) is 0. The van der Waals surface area contributed by atoms with Crippen LogP contribution in [0.25, 0.3) is 0 Å². The minimum atomic E-state index is -0.980. The zero-order valence-corrected chi connectivity index (χ0v) is 8.91. The first-order valence-electron chi connectivity index (χ1n) is 5.12. The molecule has 0 rings (SSSR count). The lowest BCUT2D eigenvalue weighted by Gasteiger charge is -2.13. The van der Waals surface area contributed by atoms with Gasteiger partial charge in [0.15, 0.2) is 0 Å². The Morgan fingerprint density at radius 1 is 1.08 bits per heavy atom. The van der Waals surface area contributed by atoms with E-state index in [1.807, 2.05) is 6.92 Å². The second-order valence-corrected chi connectivity index (χ2v) is 3.53. The summed E-state index contributed by atoms with van der Waals surface area (Å²) < 4.78 is 13.5. The van der Waals surface area contributed by atoms with Gasteiger partial charge in [-0.15, -0.1) is 0 Å². The van der Waals surface area contributed by atoms with Crippen molar-refractivity contribution in [3.63, 3.8) is 0 Å². The summed E-state index contributed by atoms with van der Waals surface area (Å²) in [4.78, 5) is 0. The number of allylic oxidation sites excluding steroid dienone is 2. The molecule has 0 aromatic rings. The molecule has 76 valence electrons. The van der Waals surface area contributed by atoms with Crippen molar-refractivity contribution in [2.24, 2.45) is 0 Å². The zero-order valence-electron chi connectivity index (χ0n) is 8.91. The molecule has 0 aliphatic rings. The average Bonchev–Trinajstić information content (AvgIpc) is 2.13. The second-order valence-electron chi connectivity index (χ2n) is 3.53. The van der Waals surface area contributed by atoms with E-state index in [0.717, 1.165) is 32.1 Å². The van der Waals surface area contributed by atoms with Crippen molar-refractivity contribution in [2.75, 3.05) is 0 Å². The van der Waals surface area contributed by atoms with Crippen LogP contribution in [-0.4, -0.2) is 6.17 Å². The summed E-state index contributed by atoms with van der Waals surface area (Å²) >= 11 is 0. The highest BCUT2D eigenvalue weighted by atomic mass is 19.1. The normalized spacial score (nSPS) is 12.5. The van der Waals surface area contributed by atoms with E-state index >= 15 is 0 Å². The summed E-state index contributed by atoms with van der Waals surface area (Å²) in [6, 6.07) is 0. The molecule has 0 amide bonds. The Hall–Kier alpha value is -0.590. The van der Waals surface area contributed by atoms with Crippen LogP contribution in [0.15, 0.2) is 24.3 Å². The van der Waals surface area contributed by atoms with Gasteiger partial charge in [-0.1, -0.05) is 39.8 Å². The maximum Gasteiger partial charge on any atom is 0.142 e. The third-order valence-electron chi connectivity index (χ3n) is 2.14. The van der Waals surface area contributed by atoms with Crippen LogP contribution >= 0.6 is 0 Å². The minimum absolute atomic E-state index is 0.684. The van der Waals surface area contributed by atoms with Gasteiger partial charge >= 0.3 is 0 Å². The second kappa shape index (κ2) is 6.88. The molecule has 0 spiro atoms. The molecule has 0 aliphatic carbocycles. The lowest BCUT2D eigenvalue weighted by molar-refractivity contribution is 0.410. The van der Waals surface area contributed by atoms with E-state index in [1.54, 1.807) is 0 Å². The molecule has 1 unspecified atom stereocenters. The van der Waals surface area contributed by atoms with E-state index in [4.69, 9.17) is 0 Å². The first-order chi connectivity index (χ1) is 6.13. The Morgan fingerprint density at radius 2 is 1.62 bits per heavy atom. The number of unbranched alkanes of at least 4 members (excludes halogenated alkanes) is 1. The van der Waals surface area contributed by atoms with Gasteiger partial charge in [0.1, 0.15) is 6.17 Å². The van der Waals surface area contributed by atoms with Gasteiger partial charge in [0.25, 0.3) is 0 Å². The lowest BCUT2D eigenvalue weighted by atomic mass is 9.98. The van der Waals surface area contributed by atoms with E-state index in [9.17, 15) is 4.39 Å². The van der Waals surface area contributed by atoms with E-state index in [1.165, 1.54) is 0 Å². The lowest BCUT2D eigenvalue weighted by Crippen LogP contribution is -2.06. The minimum Gasteiger partial charge on any atom is -0.238 e. The van der Waals surface area contributed by atoms with Crippen molar-refractivity contribution < 1.29 is 4.39 Å².